The van der Waals surface area contributed by atoms with Gasteiger partial charge in [0.15, 0.2) is 0 Å². The van der Waals surface area contributed by atoms with Crippen LogP contribution in [-0.2, 0) is 6.42 Å². The van der Waals surface area contributed by atoms with Crippen molar-refractivity contribution in [2.75, 3.05) is 26.2 Å². The molecule has 1 fully saturated rings. The number of benzene rings is 1. The highest BCUT2D eigenvalue weighted by Crippen LogP contribution is 2.54. The molecule has 2 aliphatic heterocycles. The molecule has 33 heavy (non-hydrogen) atoms. The number of amides is 1. The molecule has 1 unspecified atom stereocenters. The van der Waals surface area contributed by atoms with E-state index in [1.165, 1.54) is 18.4 Å². The lowest BCUT2D eigenvalue weighted by Gasteiger charge is -2.46. The van der Waals surface area contributed by atoms with E-state index in [1.54, 1.807) is 0 Å². The molecule has 0 aromatic heterocycles. The van der Waals surface area contributed by atoms with Crippen molar-refractivity contribution in [2.45, 2.75) is 90.6 Å². The zero-order valence-corrected chi connectivity index (χ0v) is 21.0. The van der Waals surface area contributed by atoms with Crippen molar-refractivity contribution >= 4 is 5.91 Å². The second-order valence-electron chi connectivity index (χ2n) is 10.8. The van der Waals surface area contributed by atoms with Crippen LogP contribution in [0.15, 0.2) is 17.7 Å². The minimum Gasteiger partial charge on any atom is -0.507 e. The molecule has 0 radical (unpaired) electrons. The van der Waals surface area contributed by atoms with Crippen LogP contribution in [0.25, 0.3) is 0 Å². The second kappa shape index (κ2) is 10.1. The van der Waals surface area contributed by atoms with Crippen LogP contribution in [0.3, 0.4) is 0 Å². The highest BCUT2D eigenvalue weighted by molar-refractivity contribution is 5.99. The van der Waals surface area contributed by atoms with Crippen LogP contribution < -0.4 is 10.1 Å². The quantitative estimate of drug-likeness (QED) is 0.399. The smallest absolute Gasteiger partial charge is 0.255 e. The molecule has 1 aliphatic carbocycles. The predicted molar refractivity (Wildman–Crippen MR) is 133 cm³/mol. The molecule has 5 heteroatoms. The van der Waals surface area contributed by atoms with Gasteiger partial charge in [0.25, 0.3) is 5.91 Å². The summed E-state index contributed by atoms with van der Waals surface area (Å²) in [7, 11) is 0. The Bertz CT molecular complexity index is 899. The molecule has 4 rings (SSSR count). The molecule has 182 valence electrons. The zero-order valence-electron chi connectivity index (χ0n) is 21.0. The van der Waals surface area contributed by atoms with Crippen molar-refractivity contribution in [1.29, 1.82) is 0 Å². The number of aromatic hydroxyl groups is 1. The Balaban J connectivity index is 1.67. The van der Waals surface area contributed by atoms with Crippen LogP contribution in [-0.4, -0.2) is 47.7 Å². The van der Waals surface area contributed by atoms with Crippen molar-refractivity contribution in [2.24, 2.45) is 5.92 Å². The highest BCUT2D eigenvalue weighted by atomic mass is 16.5. The first-order valence-electron chi connectivity index (χ1n) is 13.1. The number of fused-ring (bicyclic) bond motifs is 3. The lowest BCUT2D eigenvalue weighted by Crippen LogP contribution is -2.45. The van der Waals surface area contributed by atoms with Crippen LogP contribution in [0, 0.1) is 5.92 Å². The first kappa shape index (κ1) is 24.1. The molecular formula is C28H42N2O3. The summed E-state index contributed by atoms with van der Waals surface area (Å²) in [5.74, 6) is 1.10. The van der Waals surface area contributed by atoms with Gasteiger partial charge in [-0.3, -0.25) is 4.79 Å². The van der Waals surface area contributed by atoms with Gasteiger partial charge in [0.2, 0.25) is 0 Å². The minimum absolute atomic E-state index is 0.0818. The van der Waals surface area contributed by atoms with Crippen LogP contribution in [0.4, 0.5) is 0 Å². The summed E-state index contributed by atoms with van der Waals surface area (Å²) in [4.78, 5) is 15.8. The first-order valence-corrected chi connectivity index (χ1v) is 13.1. The maximum atomic E-state index is 13.4. The number of carbonyl (C=O) groups is 1. The van der Waals surface area contributed by atoms with E-state index in [9.17, 15) is 9.90 Å². The van der Waals surface area contributed by atoms with Crippen LogP contribution in [0.1, 0.15) is 100 Å². The van der Waals surface area contributed by atoms with E-state index in [4.69, 9.17) is 4.74 Å². The third kappa shape index (κ3) is 5.08. The molecule has 2 heterocycles. The molecule has 1 amide bonds. The Labute approximate surface area is 199 Å². The molecule has 0 saturated carbocycles. The van der Waals surface area contributed by atoms with Gasteiger partial charge in [0.05, 0.1) is 5.56 Å². The van der Waals surface area contributed by atoms with Gasteiger partial charge in [-0.1, -0.05) is 31.4 Å². The van der Waals surface area contributed by atoms with Crippen molar-refractivity contribution in [3.63, 3.8) is 0 Å². The maximum Gasteiger partial charge on any atom is 0.255 e. The zero-order chi connectivity index (χ0) is 23.6. The number of aryl methyl sites for hydroxylation is 1. The molecule has 1 aromatic carbocycles. The summed E-state index contributed by atoms with van der Waals surface area (Å²) in [6.07, 6.45) is 10.9. The van der Waals surface area contributed by atoms with Gasteiger partial charge in [-0.15, -0.1) is 0 Å². The predicted octanol–water partition coefficient (Wildman–Crippen LogP) is 5.56. The molecule has 0 spiro atoms. The van der Waals surface area contributed by atoms with Gasteiger partial charge < -0.3 is 20.1 Å². The molecule has 5 nitrogen and oxygen atoms in total. The Morgan fingerprint density at radius 3 is 2.76 bits per heavy atom. The van der Waals surface area contributed by atoms with Crippen molar-refractivity contribution < 1.29 is 14.6 Å². The summed E-state index contributed by atoms with van der Waals surface area (Å²) in [6.45, 7) is 12.4. The number of nitrogens with one attached hydrogen (secondary N) is 1. The molecule has 2 N–H and O–H groups in total. The van der Waals surface area contributed by atoms with Gasteiger partial charge in [-0.05, 0) is 84.0 Å². The average molecular weight is 455 g/mol. The largest absolute Gasteiger partial charge is 0.507 e. The first-order chi connectivity index (χ1) is 15.8. The second-order valence-corrected chi connectivity index (χ2v) is 10.8. The van der Waals surface area contributed by atoms with Gasteiger partial charge in [0.1, 0.15) is 17.1 Å². The number of phenolic OH excluding ortho intramolecular Hbond substituents is 1. The number of phenols is 1. The third-order valence-electron chi connectivity index (χ3n) is 7.92. The standard InChI is InChI=1S/C28H42N2O3/c1-5-6-7-10-20-18-23-25(21-17-19(2)11-12-22(21)28(3,4)33-23)26(31)24(20)27(32)29-13-16-30-14-8-9-15-30/h17-18,21-22,31H,5-16H2,1-4H3,(H,29,32)/t21?,22-/m1/s1. The van der Waals surface area contributed by atoms with E-state index in [0.29, 0.717) is 12.1 Å². The molecular weight excluding hydrogens is 412 g/mol. The van der Waals surface area contributed by atoms with E-state index >= 15 is 0 Å². The summed E-state index contributed by atoms with van der Waals surface area (Å²) < 4.78 is 6.51. The fourth-order valence-electron chi connectivity index (χ4n) is 6.05. The number of likely N-dealkylation sites (tertiary alicyclic amines) is 1. The molecule has 0 bridgehead atoms. The Kier molecular flexibility index (Phi) is 7.37. The molecule has 1 saturated heterocycles. The van der Waals surface area contributed by atoms with Crippen LogP contribution in [0.2, 0.25) is 0 Å². The molecule has 3 aliphatic rings. The van der Waals surface area contributed by atoms with Crippen molar-refractivity contribution in [3.8, 4) is 11.5 Å². The van der Waals surface area contributed by atoms with Crippen LogP contribution in [0.5, 0.6) is 11.5 Å². The number of carbonyl (C=O) groups excluding carboxylic acids is 1. The van der Waals surface area contributed by atoms with Gasteiger partial charge in [0, 0.05) is 30.5 Å². The normalized spacial score (nSPS) is 23.9. The summed E-state index contributed by atoms with van der Waals surface area (Å²) in [5.41, 5.74) is 3.22. The molecule has 2 atom stereocenters. The topological polar surface area (TPSA) is 61.8 Å². The van der Waals surface area contributed by atoms with E-state index in [-0.39, 0.29) is 29.1 Å². The summed E-state index contributed by atoms with van der Waals surface area (Å²) in [6, 6.07) is 2.05. The monoisotopic (exact) mass is 454 g/mol. The van der Waals surface area contributed by atoms with Gasteiger partial charge in [-0.2, -0.15) is 0 Å². The number of allylic oxidation sites excluding steroid dienone is 2. The fourth-order valence-corrected chi connectivity index (χ4v) is 6.05. The summed E-state index contributed by atoms with van der Waals surface area (Å²) >= 11 is 0. The lowest BCUT2D eigenvalue weighted by molar-refractivity contribution is 0.0107. The Morgan fingerprint density at radius 2 is 2.03 bits per heavy atom. The van der Waals surface area contributed by atoms with Crippen LogP contribution >= 0.6 is 0 Å². The maximum absolute atomic E-state index is 13.4. The lowest BCUT2D eigenvalue weighted by atomic mass is 9.67. The molecule has 1 aromatic rings. The third-order valence-corrected chi connectivity index (χ3v) is 7.92. The van der Waals surface area contributed by atoms with Gasteiger partial charge >= 0.3 is 0 Å². The number of ether oxygens (including phenoxy) is 1. The van der Waals surface area contributed by atoms with Crippen molar-refractivity contribution in [3.05, 3.63) is 34.4 Å². The van der Waals surface area contributed by atoms with E-state index in [0.717, 1.165) is 75.0 Å². The number of hydrogen-bond donors (Lipinski definition) is 2. The average Bonchev–Trinajstić information content (AvgIpc) is 3.26. The van der Waals surface area contributed by atoms with Crippen molar-refractivity contribution in [1.82, 2.24) is 10.2 Å². The highest BCUT2D eigenvalue weighted by Gasteiger charge is 2.46. The SMILES string of the molecule is CCCCCc1cc2c(c(O)c1C(=O)NCCN1CCCC1)C1C=C(C)CC[C@H]1C(C)(C)O2. The van der Waals surface area contributed by atoms with Gasteiger partial charge in [-0.25, -0.2) is 0 Å². The summed E-state index contributed by atoms with van der Waals surface area (Å²) in [5, 5.41) is 14.7. The number of rotatable bonds is 8. The van der Waals surface area contributed by atoms with E-state index in [1.807, 2.05) is 0 Å². The Morgan fingerprint density at radius 1 is 1.27 bits per heavy atom. The number of hydrogen-bond acceptors (Lipinski definition) is 4. The minimum atomic E-state index is -0.304. The fraction of sp³-hybridized carbons (Fsp3) is 0.679. The van der Waals surface area contributed by atoms with E-state index in [2.05, 4.69) is 50.1 Å². The Hall–Kier alpha value is -2.01. The number of unbranched alkanes of at least 4 members (excludes halogenated alkanes) is 2. The number of nitrogens with zero attached hydrogens (tertiary/aromatic N) is 1. The van der Waals surface area contributed by atoms with E-state index < -0.39 is 0 Å².